The Morgan fingerprint density at radius 1 is 1.11 bits per heavy atom. The summed E-state index contributed by atoms with van der Waals surface area (Å²) in [7, 11) is 0. The zero-order chi connectivity index (χ0) is 13.3. The Morgan fingerprint density at radius 3 is 2.63 bits per heavy atom. The van der Waals surface area contributed by atoms with Gasteiger partial charge in [0.2, 0.25) is 0 Å². The van der Waals surface area contributed by atoms with Crippen molar-refractivity contribution in [3.8, 4) is 11.8 Å². The third kappa shape index (κ3) is 4.41. The average molecular weight is 253 g/mol. The van der Waals surface area contributed by atoms with Gasteiger partial charge in [0.15, 0.2) is 6.61 Å². The lowest BCUT2D eigenvalue weighted by molar-refractivity contribution is 0.368. The molecule has 96 valence electrons. The second-order valence-electron chi connectivity index (χ2n) is 4.02. The molecule has 0 fully saturated rings. The summed E-state index contributed by atoms with van der Waals surface area (Å²) in [5, 5.41) is 11.7. The monoisotopic (exact) mass is 253 g/mol. The Labute approximate surface area is 112 Å². The molecule has 4 nitrogen and oxygen atoms in total. The van der Waals surface area contributed by atoms with E-state index in [1.807, 2.05) is 48.5 Å². The SMILES string of the molecule is N#CCOc1ccc(CNCc2ccccn2)cc1. The van der Waals surface area contributed by atoms with Crippen molar-refractivity contribution in [1.82, 2.24) is 10.3 Å². The first-order chi connectivity index (χ1) is 9.38. The first-order valence-electron chi connectivity index (χ1n) is 6.08. The van der Waals surface area contributed by atoms with Gasteiger partial charge in [0.1, 0.15) is 11.8 Å². The van der Waals surface area contributed by atoms with Crippen LogP contribution in [0, 0.1) is 11.3 Å². The molecule has 0 unspecified atom stereocenters. The molecule has 0 saturated heterocycles. The van der Waals surface area contributed by atoms with Gasteiger partial charge in [-0.05, 0) is 29.8 Å². The molecule has 19 heavy (non-hydrogen) atoms. The smallest absolute Gasteiger partial charge is 0.174 e. The molecule has 2 aromatic rings. The number of ether oxygens (including phenoxy) is 1. The minimum Gasteiger partial charge on any atom is -0.479 e. The number of aromatic nitrogens is 1. The summed E-state index contributed by atoms with van der Waals surface area (Å²) >= 11 is 0. The van der Waals surface area contributed by atoms with E-state index in [0.29, 0.717) is 0 Å². The number of rotatable bonds is 6. The minimum absolute atomic E-state index is 0.0806. The zero-order valence-electron chi connectivity index (χ0n) is 10.5. The molecule has 0 aliphatic rings. The zero-order valence-corrected chi connectivity index (χ0v) is 10.5. The van der Waals surface area contributed by atoms with E-state index in [4.69, 9.17) is 10.00 Å². The molecule has 0 amide bonds. The Bertz CT molecular complexity index is 532. The van der Waals surface area contributed by atoms with Crippen LogP contribution in [0.3, 0.4) is 0 Å². The van der Waals surface area contributed by atoms with Crippen molar-refractivity contribution in [3.63, 3.8) is 0 Å². The van der Waals surface area contributed by atoms with Crippen molar-refractivity contribution >= 4 is 0 Å². The molecule has 2 rings (SSSR count). The number of hydrogen-bond acceptors (Lipinski definition) is 4. The van der Waals surface area contributed by atoms with Gasteiger partial charge in [0.05, 0.1) is 5.69 Å². The molecule has 0 atom stereocenters. The molecule has 1 heterocycles. The fraction of sp³-hybridized carbons (Fsp3) is 0.200. The quantitative estimate of drug-likeness (QED) is 0.858. The van der Waals surface area contributed by atoms with E-state index in [0.717, 1.165) is 24.5 Å². The average Bonchev–Trinajstić information content (AvgIpc) is 2.47. The topological polar surface area (TPSA) is 57.9 Å². The largest absolute Gasteiger partial charge is 0.479 e. The molecule has 0 aliphatic carbocycles. The van der Waals surface area contributed by atoms with Crippen molar-refractivity contribution in [1.29, 1.82) is 5.26 Å². The number of benzene rings is 1. The number of hydrogen-bond donors (Lipinski definition) is 1. The van der Waals surface area contributed by atoms with Gasteiger partial charge in [-0.25, -0.2) is 0 Å². The van der Waals surface area contributed by atoms with Crippen molar-refractivity contribution < 1.29 is 4.74 Å². The van der Waals surface area contributed by atoms with E-state index < -0.39 is 0 Å². The molecule has 0 aliphatic heterocycles. The highest BCUT2D eigenvalue weighted by atomic mass is 16.5. The fourth-order valence-electron chi connectivity index (χ4n) is 1.66. The van der Waals surface area contributed by atoms with Gasteiger partial charge >= 0.3 is 0 Å². The molecule has 1 aromatic carbocycles. The summed E-state index contributed by atoms with van der Waals surface area (Å²) in [5.41, 5.74) is 2.19. The summed E-state index contributed by atoms with van der Waals surface area (Å²) in [6.45, 7) is 1.60. The van der Waals surface area contributed by atoms with Crippen LogP contribution in [-0.4, -0.2) is 11.6 Å². The van der Waals surface area contributed by atoms with Crippen LogP contribution >= 0.6 is 0 Å². The summed E-state index contributed by atoms with van der Waals surface area (Å²) < 4.78 is 5.19. The lowest BCUT2D eigenvalue weighted by atomic mass is 10.2. The maximum atomic E-state index is 8.42. The first-order valence-corrected chi connectivity index (χ1v) is 6.08. The van der Waals surface area contributed by atoms with E-state index in [2.05, 4.69) is 10.3 Å². The van der Waals surface area contributed by atoms with Crippen molar-refractivity contribution in [3.05, 3.63) is 59.9 Å². The summed E-state index contributed by atoms with van der Waals surface area (Å²) in [6.07, 6.45) is 1.79. The summed E-state index contributed by atoms with van der Waals surface area (Å²) in [5.74, 6) is 0.718. The highest BCUT2D eigenvalue weighted by molar-refractivity contribution is 5.27. The Balaban J connectivity index is 1.79. The molecule has 4 heteroatoms. The lowest BCUT2D eigenvalue weighted by Crippen LogP contribution is -2.13. The molecule has 1 aromatic heterocycles. The van der Waals surface area contributed by atoms with Crippen LogP contribution in [0.25, 0.3) is 0 Å². The van der Waals surface area contributed by atoms with Crippen molar-refractivity contribution in [2.45, 2.75) is 13.1 Å². The fourth-order valence-corrected chi connectivity index (χ4v) is 1.66. The highest BCUT2D eigenvalue weighted by Crippen LogP contribution is 2.11. The van der Waals surface area contributed by atoms with Gasteiger partial charge in [-0.15, -0.1) is 0 Å². The van der Waals surface area contributed by atoms with Crippen LogP contribution in [0.5, 0.6) is 5.75 Å². The second-order valence-corrected chi connectivity index (χ2v) is 4.02. The van der Waals surface area contributed by atoms with E-state index in [1.165, 1.54) is 5.56 Å². The second kappa shape index (κ2) is 7.14. The number of nitrogens with zero attached hydrogens (tertiary/aromatic N) is 2. The Kier molecular flexibility index (Phi) is 4.91. The molecular weight excluding hydrogens is 238 g/mol. The predicted octanol–water partition coefficient (Wildman–Crippen LogP) is 2.27. The molecular formula is C15H15N3O. The highest BCUT2D eigenvalue weighted by Gasteiger charge is 1.96. The third-order valence-electron chi connectivity index (χ3n) is 2.59. The normalized spacial score (nSPS) is 9.84. The summed E-state index contributed by atoms with van der Waals surface area (Å²) in [6, 6.07) is 15.5. The molecule has 1 N–H and O–H groups in total. The standard InChI is InChI=1S/C15H15N3O/c16-8-10-19-15-6-4-13(5-7-15)11-17-12-14-3-1-2-9-18-14/h1-7,9,17H,10-12H2. The van der Waals surface area contributed by atoms with Gasteiger partial charge in [0.25, 0.3) is 0 Å². The number of nitrogens with one attached hydrogen (secondary N) is 1. The number of nitriles is 1. The number of pyridine rings is 1. The van der Waals surface area contributed by atoms with Gasteiger partial charge in [-0.2, -0.15) is 5.26 Å². The maximum Gasteiger partial charge on any atom is 0.174 e. The maximum absolute atomic E-state index is 8.42. The van der Waals surface area contributed by atoms with Crippen LogP contribution in [0.1, 0.15) is 11.3 Å². The van der Waals surface area contributed by atoms with Crippen LogP contribution in [0.2, 0.25) is 0 Å². The van der Waals surface area contributed by atoms with E-state index >= 15 is 0 Å². The minimum atomic E-state index is 0.0806. The molecule has 0 spiro atoms. The van der Waals surface area contributed by atoms with Crippen molar-refractivity contribution in [2.75, 3.05) is 6.61 Å². The van der Waals surface area contributed by atoms with Crippen LogP contribution in [0.15, 0.2) is 48.7 Å². The molecule has 0 radical (unpaired) electrons. The first kappa shape index (κ1) is 13.1. The predicted molar refractivity (Wildman–Crippen MR) is 72.3 cm³/mol. The van der Waals surface area contributed by atoms with Crippen LogP contribution in [-0.2, 0) is 13.1 Å². The molecule has 0 bridgehead atoms. The van der Waals surface area contributed by atoms with E-state index in [1.54, 1.807) is 6.20 Å². The van der Waals surface area contributed by atoms with Crippen molar-refractivity contribution in [2.24, 2.45) is 0 Å². The van der Waals surface area contributed by atoms with Crippen LogP contribution in [0.4, 0.5) is 0 Å². The molecule has 0 saturated carbocycles. The van der Waals surface area contributed by atoms with Crippen LogP contribution < -0.4 is 10.1 Å². The van der Waals surface area contributed by atoms with Gasteiger partial charge in [-0.1, -0.05) is 18.2 Å². The van der Waals surface area contributed by atoms with E-state index in [-0.39, 0.29) is 6.61 Å². The van der Waals surface area contributed by atoms with Gasteiger partial charge < -0.3 is 10.1 Å². The lowest BCUT2D eigenvalue weighted by Gasteiger charge is -2.06. The van der Waals surface area contributed by atoms with Gasteiger partial charge in [0, 0.05) is 19.3 Å². The van der Waals surface area contributed by atoms with E-state index in [9.17, 15) is 0 Å². The van der Waals surface area contributed by atoms with Gasteiger partial charge in [-0.3, -0.25) is 4.98 Å². The Hall–Kier alpha value is -2.38. The summed E-state index contributed by atoms with van der Waals surface area (Å²) in [4.78, 5) is 4.24. The Morgan fingerprint density at radius 2 is 1.95 bits per heavy atom. The third-order valence-corrected chi connectivity index (χ3v) is 2.59.